The number of ether oxygens (including phenoxy) is 1. The smallest absolute Gasteiger partial charge is 0.408 e. The van der Waals surface area contributed by atoms with Crippen molar-refractivity contribution in [3.8, 4) is 0 Å². The lowest BCUT2D eigenvalue weighted by molar-refractivity contribution is -0.120. The van der Waals surface area contributed by atoms with Crippen LogP contribution in [0.3, 0.4) is 0 Å². The minimum atomic E-state index is -0.726. The molecule has 0 saturated heterocycles. The largest absolute Gasteiger partial charge is 0.444 e. The average molecular weight is 374 g/mol. The number of rotatable bonds is 6. The molecule has 0 fully saturated rings. The fraction of sp³-hybridized carbons (Fsp3) is 0.438. The number of hydrogen-bond acceptors (Lipinski definition) is 4. The van der Waals surface area contributed by atoms with Crippen LogP contribution in [0.1, 0.15) is 31.1 Å². The van der Waals surface area contributed by atoms with Crippen LogP contribution >= 0.6 is 11.6 Å². The molecule has 25 heavy (non-hydrogen) atoms. The van der Waals surface area contributed by atoms with Crippen molar-refractivity contribution in [2.75, 3.05) is 19.6 Å². The Balaban J connectivity index is 2.28. The van der Waals surface area contributed by atoms with Crippen molar-refractivity contribution in [2.45, 2.75) is 26.4 Å². The zero-order valence-corrected chi connectivity index (χ0v) is 15.0. The van der Waals surface area contributed by atoms with Gasteiger partial charge in [-0.15, -0.1) is 0 Å². The van der Waals surface area contributed by atoms with Crippen LogP contribution in [0.4, 0.5) is 9.18 Å². The Kier molecular flexibility index (Phi) is 7.63. The van der Waals surface area contributed by atoms with Crippen molar-refractivity contribution in [3.63, 3.8) is 0 Å². The van der Waals surface area contributed by atoms with Crippen molar-refractivity contribution >= 4 is 29.5 Å². The van der Waals surface area contributed by atoms with E-state index in [1.54, 1.807) is 20.8 Å². The van der Waals surface area contributed by atoms with Gasteiger partial charge in [0.05, 0.1) is 17.1 Å². The molecule has 138 valence electrons. The molecule has 9 heteroatoms. The Morgan fingerprint density at radius 1 is 1.12 bits per heavy atom. The standard InChI is InChI=1S/C16H21ClFN3O4/c1-16(2,3)25-15(24)21-9-12(22)19-7-8-20-14(23)13-10(17)5-4-6-11(13)18/h4-6H,7-9H2,1-3H3,(H,19,22)(H,20,23)(H,21,24). The van der Waals surface area contributed by atoms with Crippen LogP contribution in [0, 0.1) is 5.82 Å². The van der Waals surface area contributed by atoms with Crippen LogP contribution in [0.15, 0.2) is 18.2 Å². The fourth-order valence-electron chi connectivity index (χ4n) is 1.71. The Morgan fingerprint density at radius 2 is 1.76 bits per heavy atom. The van der Waals surface area contributed by atoms with E-state index < -0.39 is 29.3 Å². The number of alkyl carbamates (subject to hydrolysis) is 1. The lowest BCUT2D eigenvalue weighted by atomic mass is 10.2. The summed E-state index contributed by atoms with van der Waals surface area (Å²) in [5.74, 6) is -1.86. The maximum atomic E-state index is 13.6. The molecule has 0 aliphatic rings. The van der Waals surface area contributed by atoms with Crippen molar-refractivity contribution < 1.29 is 23.5 Å². The fourth-order valence-corrected chi connectivity index (χ4v) is 1.96. The first kappa shape index (κ1) is 20.7. The molecule has 0 aliphatic heterocycles. The first-order valence-corrected chi connectivity index (χ1v) is 7.93. The molecule has 0 bridgehead atoms. The molecule has 0 radical (unpaired) electrons. The lowest BCUT2D eigenvalue weighted by Crippen LogP contribution is -2.42. The van der Waals surface area contributed by atoms with E-state index in [4.69, 9.17) is 16.3 Å². The van der Waals surface area contributed by atoms with Crippen LogP contribution in [0.25, 0.3) is 0 Å². The molecule has 0 spiro atoms. The predicted octanol–water partition coefficient (Wildman–Crippen LogP) is 1.85. The van der Waals surface area contributed by atoms with Gasteiger partial charge < -0.3 is 20.7 Å². The molecular formula is C16H21ClFN3O4. The van der Waals surface area contributed by atoms with Gasteiger partial charge in [-0.25, -0.2) is 9.18 Å². The second-order valence-electron chi connectivity index (χ2n) is 6.06. The summed E-state index contributed by atoms with van der Waals surface area (Å²) in [5.41, 5.74) is -0.902. The minimum Gasteiger partial charge on any atom is -0.444 e. The molecule has 1 rings (SSSR count). The topological polar surface area (TPSA) is 96.5 Å². The summed E-state index contributed by atoms with van der Waals surface area (Å²) in [6, 6.07) is 3.93. The van der Waals surface area contributed by atoms with Gasteiger partial charge in [-0.2, -0.15) is 0 Å². The predicted molar refractivity (Wildman–Crippen MR) is 91.0 cm³/mol. The summed E-state index contributed by atoms with van der Waals surface area (Å²) >= 11 is 5.78. The van der Waals surface area contributed by atoms with Gasteiger partial charge in [0, 0.05) is 13.1 Å². The third-order valence-corrected chi connectivity index (χ3v) is 3.03. The van der Waals surface area contributed by atoms with E-state index in [-0.39, 0.29) is 30.2 Å². The summed E-state index contributed by atoms with van der Waals surface area (Å²) in [6.45, 7) is 5.03. The monoisotopic (exact) mass is 373 g/mol. The zero-order valence-electron chi connectivity index (χ0n) is 14.2. The van der Waals surface area contributed by atoms with Crippen LogP contribution < -0.4 is 16.0 Å². The highest BCUT2D eigenvalue weighted by Crippen LogP contribution is 2.18. The Bertz CT molecular complexity index is 627. The van der Waals surface area contributed by atoms with Gasteiger partial charge in [0.25, 0.3) is 5.91 Å². The number of hydrogen-bond donors (Lipinski definition) is 3. The summed E-state index contributed by atoms with van der Waals surface area (Å²) in [7, 11) is 0. The molecule has 1 aromatic rings. The van der Waals surface area contributed by atoms with Gasteiger partial charge in [0.2, 0.25) is 5.91 Å². The minimum absolute atomic E-state index is 0.00287. The molecule has 0 aliphatic carbocycles. The molecule has 3 amide bonds. The van der Waals surface area contributed by atoms with Crippen LogP contribution in [-0.4, -0.2) is 43.1 Å². The summed E-state index contributed by atoms with van der Waals surface area (Å²) < 4.78 is 18.5. The Hall–Kier alpha value is -2.35. The van der Waals surface area contributed by atoms with Gasteiger partial charge >= 0.3 is 6.09 Å². The summed E-state index contributed by atoms with van der Waals surface area (Å²) in [4.78, 5) is 34.8. The number of carbonyl (C=O) groups is 3. The molecule has 0 unspecified atom stereocenters. The van der Waals surface area contributed by atoms with E-state index in [1.807, 2.05) is 0 Å². The van der Waals surface area contributed by atoms with Crippen molar-refractivity contribution in [1.29, 1.82) is 0 Å². The highest BCUT2D eigenvalue weighted by molar-refractivity contribution is 6.33. The number of halogens is 2. The Labute approximate surface area is 150 Å². The third kappa shape index (κ3) is 7.84. The number of nitrogens with one attached hydrogen (secondary N) is 3. The van der Waals surface area contributed by atoms with Gasteiger partial charge in [-0.1, -0.05) is 17.7 Å². The van der Waals surface area contributed by atoms with Crippen LogP contribution in [0.5, 0.6) is 0 Å². The normalized spacial score (nSPS) is 10.8. The van der Waals surface area contributed by atoms with Crippen molar-refractivity contribution in [2.24, 2.45) is 0 Å². The van der Waals surface area contributed by atoms with E-state index in [2.05, 4.69) is 16.0 Å². The molecule has 3 N–H and O–H groups in total. The molecule has 0 heterocycles. The first-order chi connectivity index (χ1) is 11.6. The van der Waals surface area contributed by atoms with Gasteiger partial charge in [0.15, 0.2) is 0 Å². The zero-order chi connectivity index (χ0) is 19.0. The summed E-state index contributed by atoms with van der Waals surface area (Å²) in [6.07, 6.45) is -0.704. The van der Waals surface area contributed by atoms with E-state index in [1.165, 1.54) is 12.1 Å². The van der Waals surface area contributed by atoms with E-state index in [0.717, 1.165) is 6.07 Å². The van der Waals surface area contributed by atoms with Crippen LogP contribution in [0.2, 0.25) is 5.02 Å². The molecule has 0 atom stereocenters. The highest BCUT2D eigenvalue weighted by atomic mass is 35.5. The first-order valence-electron chi connectivity index (χ1n) is 7.56. The maximum Gasteiger partial charge on any atom is 0.408 e. The SMILES string of the molecule is CC(C)(C)OC(=O)NCC(=O)NCCNC(=O)c1c(F)cccc1Cl. The van der Waals surface area contributed by atoms with Crippen LogP contribution in [-0.2, 0) is 9.53 Å². The summed E-state index contributed by atoms with van der Waals surface area (Å²) in [5, 5.41) is 7.23. The quantitative estimate of drug-likeness (QED) is 0.663. The number of carbonyl (C=O) groups excluding carboxylic acids is 3. The van der Waals surface area contributed by atoms with Gasteiger partial charge in [-0.05, 0) is 32.9 Å². The molecule has 7 nitrogen and oxygen atoms in total. The molecule has 1 aromatic carbocycles. The van der Waals surface area contributed by atoms with Crippen molar-refractivity contribution in [3.05, 3.63) is 34.6 Å². The van der Waals surface area contributed by atoms with Gasteiger partial charge in [0.1, 0.15) is 11.4 Å². The maximum absolute atomic E-state index is 13.6. The third-order valence-electron chi connectivity index (χ3n) is 2.71. The van der Waals surface area contributed by atoms with E-state index in [0.29, 0.717) is 0 Å². The Morgan fingerprint density at radius 3 is 2.36 bits per heavy atom. The number of benzene rings is 1. The molecule has 0 saturated carbocycles. The van der Waals surface area contributed by atoms with Crippen molar-refractivity contribution in [1.82, 2.24) is 16.0 Å². The van der Waals surface area contributed by atoms with Gasteiger partial charge in [-0.3, -0.25) is 9.59 Å². The van der Waals surface area contributed by atoms with E-state index >= 15 is 0 Å². The molecule has 0 aromatic heterocycles. The van der Waals surface area contributed by atoms with E-state index in [9.17, 15) is 18.8 Å². The highest BCUT2D eigenvalue weighted by Gasteiger charge is 2.17. The second kappa shape index (κ2) is 9.22. The number of amides is 3. The second-order valence-corrected chi connectivity index (χ2v) is 6.47. The lowest BCUT2D eigenvalue weighted by Gasteiger charge is -2.19. The average Bonchev–Trinajstić information content (AvgIpc) is 2.47. The molecular weight excluding hydrogens is 353 g/mol.